The number of likely N-dealkylation sites (tertiary alicyclic amines) is 1. The van der Waals surface area contributed by atoms with Gasteiger partial charge in [-0.05, 0) is 42.9 Å². The molecule has 4 nitrogen and oxygen atoms in total. The van der Waals surface area contributed by atoms with Gasteiger partial charge in [-0.15, -0.1) is 12.4 Å². The molecule has 1 saturated heterocycles. The van der Waals surface area contributed by atoms with E-state index in [-0.39, 0.29) is 24.4 Å². The third-order valence-corrected chi connectivity index (χ3v) is 5.57. The zero-order valence-electron chi connectivity index (χ0n) is 16.9. The topological polar surface area (TPSA) is 43.8 Å². The minimum absolute atomic E-state index is 0. The van der Waals surface area contributed by atoms with Crippen LogP contribution >= 0.6 is 12.4 Å². The summed E-state index contributed by atoms with van der Waals surface area (Å²) in [5, 5.41) is 9.06. The quantitative estimate of drug-likeness (QED) is 0.794. The van der Waals surface area contributed by atoms with Gasteiger partial charge in [0.15, 0.2) is 0 Å². The minimum Gasteiger partial charge on any atom is -0.480 e. The standard InChI is InChI=1S/C21H34N2O2.ClH/c1-6-22(15-20(24)25)19-11-13-23(14-12-19)16(2)17-7-9-18(10-8-17)21(3,4)5;/h7-10,16,19H,6,11-15H2,1-5H3,(H,24,25);1H. The zero-order chi connectivity index (χ0) is 18.6. The maximum atomic E-state index is 11.0. The Balaban J connectivity index is 0.00000338. The van der Waals surface area contributed by atoms with E-state index in [1.807, 2.05) is 0 Å². The SMILES string of the molecule is CCN(CC(=O)O)C1CCN(C(C)c2ccc(C(C)(C)C)cc2)CC1.Cl. The Hall–Kier alpha value is -1.10. The number of likely N-dealkylation sites (N-methyl/N-ethyl adjacent to an activating group) is 1. The molecule has 1 aromatic carbocycles. The van der Waals surface area contributed by atoms with Gasteiger partial charge in [0.1, 0.15) is 0 Å². The van der Waals surface area contributed by atoms with Crippen LogP contribution in [0.3, 0.4) is 0 Å². The number of carboxylic acid groups (broad SMARTS) is 1. The smallest absolute Gasteiger partial charge is 0.317 e. The first-order valence-electron chi connectivity index (χ1n) is 9.52. The molecule has 0 aromatic heterocycles. The number of nitrogens with zero attached hydrogens (tertiary/aromatic N) is 2. The van der Waals surface area contributed by atoms with Gasteiger partial charge in [0, 0.05) is 25.2 Å². The normalized spacial score (nSPS) is 17.8. The Labute approximate surface area is 165 Å². The molecule has 0 saturated carbocycles. The Bertz CT molecular complexity index is 560. The molecule has 5 heteroatoms. The van der Waals surface area contributed by atoms with Crippen molar-refractivity contribution in [3.05, 3.63) is 35.4 Å². The fourth-order valence-corrected chi connectivity index (χ4v) is 3.78. The number of carboxylic acids is 1. The van der Waals surface area contributed by atoms with E-state index < -0.39 is 5.97 Å². The van der Waals surface area contributed by atoms with E-state index >= 15 is 0 Å². The monoisotopic (exact) mass is 382 g/mol. The molecular formula is C21H35ClN2O2. The molecule has 1 atom stereocenters. The van der Waals surface area contributed by atoms with Gasteiger partial charge in [0.25, 0.3) is 0 Å². The number of hydrogen-bond acceptors (Lipinski definition) is 3. The van der Waals surface area contributed by atoms with Gasteiger partial charge < -0.3 is 5.11 Å². The van der Waals surface area contributed by atoms with Crippen LogP contribution in [0.5, 0.6) is 0 Å². The molecule has 1 unspecified atom stereocenters. The van der Waals surface area contributed by atoms with Crippen molar-refractivity contribution in [3.63, 3.8) is 0 Å². The van der Waals surface area contributed by atoms with Gasteiger partial charge in [-0.3, -0.25) is 14.6 Å². The first-order valence-corrected chi connectivity index (χ1v) is 9.52. The van der Waals surface area contributed by atoms with Gasteiger partial charge in [0.2, 0.25) is 0 Å². The minimum atomic E-state index is -0.725. The zero-order valence-corrected chi connectivity index (χ0v) is 17.7. The van der Waals surface area contributed by atoms with Gasteiger partial charge >= 0.3 is 5.97 Å². The molecule has 1 heterocycles. The van der Waals surface area contributed by atoms with Crippen LogP contribution in [-0.4, -0.2) is 53.1 Å². The van der Waals surface area contributed by atoms with E-state index in [1.54, 1.807) is 0 Å². The highest BCUT2D eigenvalue weighted by molar-refractivity contribution is 5.85. The van der Waals surface area contributed by atoms with E-state index in [1.165, 1.54) is 11.1 Å². The van der Waals surface area contributed by atoms with Gasteiger partial charge in [-0.2, -0.15) is 0 Å². The van der Waals surface area contributed by atoms with E-state index in [9.17, 15) is 4.79 Å². The van der Waals surface area contributed by atoms with E-state index in [0.29, 0.717) is 12.1 Å². The van der Waals surface area contributed by atoms with Crippen LogP contribution < -0.4 is 0 Å². The number of piperidine rings is 1. The first kappa shape index (κ1) is 22.9. The molecule has 1 fully saturated rings. The lowest BCUT2D eigenvalue weighted by Crippen LogP contribution is -2.47. The lowest BCUT2D eigenvalue weighted by Gasteiger charge is -2.40. The summed E-state index contributed by atoms with van der Waals surface area (Å²) >= 11 is 0. The number of aliphatic carboxylic acids is 1. The fourth-order valence-electron chi connectivity index (χ4n) is 3.78. The van der Waals surface area contributed by atoms with Crippen molar-refractivity contribution in [1.82, 2.24) is 9.80 Å². The predicted molar refractivity (Wildman–Crippen MR) is 110 cm³/mol. The Kier molecular flexibility index (Phi) is 8.58. The maximum absolute atomic E-state index is 11.0. The average molecular weight is 383 g/mol. The molecule has 0 radical (unpaired) electrons. The molecule has 26 heavy (non-hydrogen) atoms. The van der Waals surface area contributed by atoms with Gasteiger partial charge in [-0.25, -0.2) is 0 Å². The molecule has 0 amide bonds. The molecule has 148 valence electrons. The summed E-state index contributed by atoms with van der Waals surface area (Å²) < 4.78 is 0. The van der Waals surface area contributed by atoms with Crippen molar-refractivity contribution in [1.29, 1.82) is 0 Å². The van der Waals surface area contributed by atoms with Crippen molar-refractivity contribution in [2.45, 2.75) is 65.0 Å². The largest absolute Gasteiger partial charge is 0.480 e. The molecule has 1 aliphatic heterocycles. The van der Waals surface area contributed by atoms with Crippen molar-refractivity contribution >= 4 is 18.4 Å². The van der Waals surface area contributed by atoms with Gasteiger partial charge in [0.05, 0.1) is 6.54 Å². The highest BCUT2D eigenvalue weighted by atomic mass is 35.5. The van der Waals surface area contributed by atoms with Crippen LogP contribution in [-0.2, 0) is 10.2 Å². The summed E-state index contributed by atoms with van der Waals surface area (Å²) in [5.74, 6) is -0.725. The number of halogens is 1. The van der Waals surface area contributed by atoms with E-state index in [4.69, 9.17) is 5.11 Å². The lowest BCUT2D eigenvalue weighted by molar-refractivity contribution is -0.139. The Morgan fingerprint density at radius 1 is 1.23 bits per heavy atom. The molecule has 1 aliphatic rings. The highest BCUT2D eigenvalue weighted by Crippen LogP contribution is 2.28. The summed E-state index contributed by atoms with van der Waals surface area (Å²) in [6.07, 6.45) is 2.09. The van der Waals surface area contributed by atoms with E-state index in [0.717, 1.165) is 32.5 Å². The second-order valence-electron chi connectivity index (χ2n) is 8.27. The summed E-state index contributed by atoms with van der Waals surface area (Å²) in [5.41, 5.74) is 2.92. The van der Waals surface area contributed by atoms with Crippen LogP contribution in [0.25, 0.3) is 0 Å². The number of rotatable bonds is 6. The molecule has 0 aliphatic carbocycles. The van der Waals surface area contributed by atoms with Crippen LogP contribution in [0.15, 0.2) is 24.3 Å². The Morgan fingerprint density at radius 2 is 1.77 bits per heavy atom. The summed E-state index contributed by atoms with van der Waals surface area (Å²) in [6.45, 7) is 14.1. The van der Waals surface area contributed by atoms with Crippen LogP contribution in [0.1, 0.15) is 64.6 Å². The second kappa shape index (κ2) is 9.72. The first-order chi connectivity index (χ1) is 11.7. The molecular weight excluding hydrogens is 348 g/mol. The van der Waals surface area contributed by atoms with E-state index in [2.05, 4.69) is 68.7 Å². The molecule has 1 N–H and O–H groups in total. The molecule has 2 rings (SSSR count). The average Bonchev–Trinajstić information content (AvgIpc) is 2.58. The fraction of sp³-hybridized carbons (Fsp3) is 0.667. The van der Waals surface area contributed by atoms with Crippen LogP contribution in [0, 0.1) is 0 Å². The maximum Gasteiger partial charge on any atom is 0.317 e. The van der Waals surface area contributed by atoms with Crippen molar-refractivity contribution in [3.8, 4) is 0 Å². The summed E-state index contributed by atoms with van der Waals surface area (Å²) in [6, 6.07) is 9.84. The van der Waals surface area contributed by atoms with Crippen LogP contribution in [0.4, 0.5) is 0 Å². The molecule has 0 spiro atoms. The van der Waals surface area contributed by atoms with Gasteiger partial charge in [-0.1, -0.05) is 52.0 Å². The molecule has 1 aromatic rings. The number of carbonyl (C=O) groups is 1. The van der Waals surface area contributed by atoms with Crippen molar-refractivity contribution in [2.75, 3.05) is 26.2 Å². The summed E-state index contributed by atoms with van der Waals surface area (Å²) in [4.78, 5) is 15.6. The molecule has 0 bridgehead atoms. The lowest BCUT2D eigenvalue weighted by atomic mass is 9.86. The Morgan fingerprint density at radius 3 is 2.19 bits per heavy atom. The number of benzene rings is 1. The number of hydrogen-bond donors (Lipinski definition) is 1. The predicted octanol–water partition coefficient (Wildman–Crippen LogP) is 4.34. The summed E-state index contributed by atoms with van der Waals surface area (Å²) in [7, 11) is 0. The highest BCUT2D eigenvalue weighted by Gasteiger charge is 2.27. The second-order valence-corrected chi connectivity index (χ2v) is 8.27. The van der Waals surface area contributed by atoms with Crippen molar-refractivity contribution < 1.29 is 9.90 Å². The third-order valence-electron chi connectivity index (χ3n) is 5.57. The third kappa shape index (κ3) is 5.97. The van der Waals surface area contributed by atoms with Crippen LogP contribution in [0.2, 0.25) is 0 Å². The van der Waals surface area contributed by atoms with Crippen molar-refractivity contribution in [2.24, 2.45) is 0 Å².